The van der Waals surface area contributed by atoms with E-state index in [9.17, 15) is 15.4 Å². The van der Waals surface area contributed by atoms with Crippen LogP contribution in [-0.2, 0) is 0 Å². The van der Waals surface area contributed by atoms with Gasteiger partial charge in [0.2, 0.25) is 0 Å². The van der Waals surface area contributed by atoms with Gasteiger partial charge in [0.1, 0.15) is 16.8 Å². The van der Waals surface area contributed by atoms with Crippen LogP contribution in [0.1, 0.15) is 16.3 Å². The predicted octanol–water partition coefficient (Wildman–Crippen LogP) is 5.19. The smallest absolute Gasteiger partial charge is 0.293 e. The summed E-state index contributed by atoms with van der Waals surface area (Å²) >= 11 is 1.37. The second-order valence-corrected chi connectivity index (χ2v) is 6.72. The molecule has 0 radical (unpaired) electrons. The van der Waals surface area contributed by atoms with Crippen molar-refractivity contribution in [1.29, 1.82) is 5.26 Å². The summed E-state index contributed by atoms with van der Waals surface area (Å²) in [5, 5.41) is 23.5. The Labute approximate surface area is 160 Å². The Balaban J connectivity index is 2.02. The van der Waals surface area contributed by atoms with Gasteiger partial charge in [0, 0.05) is 29.9 Å². The van der Waals surface area contributed by atoms with E-state index in [0.29, 0.717) is 21.8 Å². The molecule has 27 heavy (non-hydrogen) atoms. The standard InChI is InChI=1S/C20H16N4O2S/c1-14-13-27-20(22-14)16(12-21)10-15-8-9-18(19(11-15)24(25)26)23(2)17-6-4-3-5-7-17/h3-11,13H,1-2H3/b16-10+. The SMILES string of the molecule is Cc1csc(/C(C#N)=C/c2ccc(N(C)c3ccccc3)c([N+](=O)[O-])c2)n1. The summed E-state index contributed by atoms with van der Waals surface area (Å²) in [6.45, 7) is 1.86. The van der Waals surface area contributed by atoms with Gasteiger partial charge in [-0.05, 0) is 36.8 Å². The van der Waals surface area contributed by atoms with Crippen molar-refractivity contribution in [1.82, 2.24) is 4.98 Å². The predicted molar refractivity (Wildman–Crippen MR) is 108 cm³/mol. The molecule has 0 saturated heterocycles. The van der Waals surface area contributed by atoms with Gasteiger partial charge in [0.05, 0.1) is 10.5 Å². The first-order valence-electron chi connectivity index (χ1n) is 8.11. The molecule has 1 heterocycles. The molecular formula is C20H16N4O2S. The van der Waals surface area contributed by atoms with Gasteiger partial charge in [0.25, 0.3) is 5.69 Å². The average molecular weight is 376 g/mol. The van der Waals surface area contributed by atoms with Gasteiger partial charge in [-0.1, -0.05) is 24.3 Å². The third-order valence-corrected chi connectivity index (χ3v) is 4.98. The monoisotopic (exact) mass is 376 g/mol. The number of hydrogen-bond donors (Lipinski definition) is 0. The Morgan fingerprint density at radius 1 is 1.30 bits per heavy atom. The molecule has 2 aromatic carbocycles. The van der Waals surface area contributed by atoms with E-state index < -0.39 is 4.92 Å². The average Bonchev–Trinajstić information content (AvgIpc) is 3.12. The van der Waals surface area contributed by atoms with Crippen molar-refractivity contribution in [2.24, 2.45) is 0 Å². The molecule has 0 bridgehead atoms. The van der Waals surface area contributed by atoms with Crippen molar-refractivity contribution in [3.63, 3.8) is 0 Å². The normalized spacial score (nSPS) is 11.1. The number of nitro groups is 1. The lowest BCUT2D eigenvalue weighted by molar-refractivity contribution is -0.384. The first-order valence-corrected chi connectivity index (χ1v) is 8.99. The molecule has 0 saturated carbocycles. The zero-order valence-electron chi connectivity index (χ0n) is 14.8. The summed E-state index contributed by atoms with van der Waals surface area (Å²) in [6, 6.07) is 16.5. The molecule has 3 aromatic rings. The maximum absolute atomic E-state index is 11.6. The zero-order chi connectivity index (χ0) is 19.4. The van der Waals surface area contributed by atoms with Crippen LogP contribution in [0, 0.1) is 28.4 Å². The molecule has 0 spiro atoms. The summed E-state index contributed by atoms with van der Waals surface area (Å²) in [7, 11) is 1.78. The van der Waals surface area contributed by atoms with Crippen LogP contribution in [0.5, 0.6) is 0 Å². The molecule has 0 N–H and O–H groups in total. The van der Waals surface area contributed by atoms with E-state index >= 15 is 0 Å². The van der Waals surface area contributed by atoms with Gasteiger partial charge >= 0.3 is 0 Å². The lowest BCUT2D eigenvalue weighted by Gasteiger charge is -2.19. The van der Waals surface area contributed by atoms with E-state index in [-0.39, 0.29) is 5.69 Å². The van der Waals surface area contributed by atoms with E-state index in [0.717, 1.165) is 11.4 Å². The maximum Gasteiger partial charge on any atom is 0.293 e. The number of benzene rings is 2. The fourth-order valence-electron chi connectivity index (χ4n) is 2.64. The topological polar surface area (TPSA) is 83.1 Å². The van der Waals surface area contributed by atoms with Gasteiger partial charge in [-0.25, -0.2) is 4.98 Å². The van der Waals surface area contributed by atoms with Gasteiger partial charge in [0.15, 0.2) is 0 Å². The molecule has 3 rings (SSSR count). The van der Waals surface area contributed by atoms with Gasteiger partial charge < -0.3 is 4.90 Å². The molecule has 0 aliphatic heterocycles. The number of para-hydroxylation sites is 1. The highest BCUT2D eigenvalue weighted by Gasteiger charge is 2.19. The van der Waals surface area contributed by atoms with E-state index in [2.05, 4.69) is 11.1 Å². The van der Waals surface area contributed by atoms with E-state index in [4.69, 9.17) is 0 Å². The quantitative estimate of drug-likeness (QED) is 0.347. The third-order valence-electron chi connectivity index (χ3n) is 3.98. The molecular weight excluding hydrogens is 360 g/mol. The van der Waals surface area contributed by atoms with Gasteiger partial charge in [-0.15, -0.1) is 11.3 Å². The Bertz CT molecular complexity index is 1050. The van der Waals surface area contributed by atoms with Crippen molar-refractivity contribution in [2.45, 2.75) is 6.92 Å². The number of thiazole rings is 1. The molecule has 0 aliphatic rings. The number of nitriles is 1. The first kappa shape index (κ1) is 18.3. The Morgan fingerprint density at radius 3 is 2.63 bits per heavy atom. The van der Waals surface area contributed by atoms with Crippen LogP contribution < -0.4 is 4.90 Å². The highest BCUT2D eigenvalue weighted by molar-refractivity contribution is 7.11. The Hall–Kier alpha value is -3.50. The highest BCUT2D eigenvalue weighted by atomic mass is 32.1. The number of aromatic nitrogens is 1. The van der Waals surface area contributed by atoms with Crippen LogP contribution in [0.25, 0.3) is 11.6 Å². The molecule has 134 valence electrons. The van der Waals surface area contributed by atoms with Gasteiger partial charge in [-0.2, -0.15) is 5.26 Å². The first-order chi connectivity index (χ1) is 13.0. The zero-order valence-corrected chi connectivity index (χ0v) is 15.6. The third kappa shape index (κ3) is 4.02. The van der Waals surface area contributed by atoms with E-state index in [1.54, 1.807) is 30.2 Å². The van der Waals surface area contributed by atoms with Crippen molar-refractivity contribution in [3.8, 4) is 6.07 Å². The minimum Gasteiger partial charge on any atom is -0.339 e. The molecule has 1 aromatic heterocycles. The van der Waals surface area contributed by atoms with Crippen LogP contribution in [0.4, 0.5) is 17.1 Å². The second kappa shape index (κ2) is 7.81. The summed E-state index contributed by atoms with van der Waals surface area (Å²) in [4.78, 5) is 17.3. The highest BCUT2D eigenvalue weighted by Crippen LogP contribution is 2.34. The molecule has 6 nitrogen and oxygen atoms in total. The number of anilines is 2. The number of rotatable bonds is 5. The molecule has 0 atom stereocenters. The number of nitrogens with zero attached hydrogens (tertiary/aromatic N) is 4. The van der Waals surface area contributed by atoms with Crippen molar-refractivity contribution in [2.75, 3.05) is 11.9 Å². The number of hydrogen-bond acceptors (Lipinski definition) is 6. The molecule has 0 unspecified atom stereocenters. The summed E-state index contributed by atoms with van der Waals surface area (Å²) in [6.07, 6.45) is 1.62. The van der Waals surface area contributed by atoms with E-state index in [1.807, 2.05) is 42.6 Å². The largest absolute Gasteiger partial charge is 0.339 e. The van der Waals surface area contributed by atoms with Crippen LogP contribution in [0.3, 0.4) is 0 Å². The van der Waals surface area contributed by atoms with Crippen molar-refractivity contribution in [3.05, 3.63) is 80.3 Å². The minimum absolute atomic E-state index is 0.0253. The van der Waals surface area contributed by atoms with Crippen molar-refractivity contribution < 1.29 is 4.92 Å². The van der Waals surface area contributed by atoms with Crippen LogP contribution in [0.15, 0.2) is 53.9 Å². The Kier molecular flexibility index (Phi) is 5.29. The summed E-state index contributed by atoms with van der Waals surface area (Å²) < 4.78 is 0. The summed E-state index contributed by atoms with van der Waals surface area (Å²) in [5.74, 6) is 0. The van der Waals surface area contributed by atoms with Gasteiger partial charge in [-0.3, -0.25) is 10.1 Å². The number of allylic oxidation sites excluding steroid dienone is 1. The number of nitro benzene ring substituents is 1. The molecule has 7 heteroatoms. The fourth-order valence-corrected chi connectivity index (χ4v) is 3.40. The second-order valence-electron chi connectivity index (χ2n) is 5.86. The number of aryl methyl sites for hydroxylation is 1. The van der Waals surface area contributed by atoms with Crippen LogP contribution in [0.2, 0.25) is 0 Å². The summed E-state index contributed by atoms with van der Waals surface area (Å²) in [5.41, 5.74) is 3.10. The van der Waals surface area contributed by atoms with E-state index in [1.165, 1.54) is 17.4 Å². The minimum atomic E-state index is -0.411. The van der Waals surface area contributed by atoms with Crippen LogP contribution >= 0.6 is 11.3 Å². The van der Waals surface area contributed by atoms with Crippen LogP contribution in [-0.4, -0.2) is 17.0 Å². The lowest BCUT2D eigenvalue weighted by Crippen LogP contribution is -2.11. The molecule has 0 amide bonds. The maximum atomic E-state index is 11.6. The van der Waals surface area contributed by atoms with Crippen molar-refractivity contribution >= 4 is 40.0 Å². The Morgan fingerprint density at radius 2 is 2.04 bits per heavy atom. The fraction of sp³-hybridized carbons (Fsp3) is 0.100. The molecule has 0 aliphatic carbocycles. The molecule has 0 fully saturated rings. The lowest BCUT2D eigenvalue weighted by atomic mass is 10.1.